The van der Waals surface area contributed by atoms with E-state index in [0.717, 1.165) is 66.7 Å². The monoisotopic (exact) mass is 446 g/mol. The normalized spacial score (nSPS) is 11.8. The maximum Gasteiger partial charge on any atom is 0.159 e. The predicted octanol–water partition coefficient (Wildman–Crippen LogP) is 5.97. The number of benzene rings is 2. The lowest BCUT2D eigenvalue weighted by atomic mass is 9.94. The van der Waals surface area contributed by atoms with Crippen LogP contribution >= 0.6 is 0 Å². The van der Waals surface area contributed by atoms with Crippen molar-refractivity contribution in [3.8, 4) is 22.5 Å². The molecule has 6 aromatic rings. The first-order chi connectivity index (χ1) is 16.3. The lowest BCUT2D eigenvalue weighted by molar-refractivity contribution is 0.774. The standard InChI is InChI=1S/C28H26N6/c1-15-7-11-19(12-8-15)25-23-21-17(3)31-34(6)28(21)30-26(20-13-9-16(2)10-14-20)24(23)22-18(4)32-33(5)27(22)29-25/h7-14H,1-6H3. The number of aryl methyl sites for hydroxylation is 6. The van der Waals surface area contributed by atoms with Gasteiger partial charge in [-0.15, -0.1) is 0 Å². The van der Waals surface area contributed by atoms with Gasteiger partial charge in [-0.25, -0.2) is 9.97 Å². The molecule has 0 saturated carbocycles. The van der Waals surface area contributed by atoms with Gasteiger partial charge in [-0.05, 0) is 27.7 Å². The zero-order valence-electron chi connectivity index (χ0n) is 20.3. The number of hydrogen-bond acceptors (Lipinski definition) is 4. The van der Waals surface area contributed by atoms with Crippen LogP contribution in [0.3, 0.4) is 0 Å². The molecule has 4 aromatic heterocycles. The Labute approximate surface area is 197 Å². The smallest absolute Gasteiger partial charge is 0.159 e. The van der Waals surface area contributed by atoms with Crippen LogP contribution in [0.5, 0.6) is 0 Å². The van der Waals surface area contributed by atoms with Crippen LogP contribution in [0.4, 0.5) is 0 Å². The number of hydrogen-bond donors (Lipinski definition) is 0. The van der Waals surface area contributed by atoms with Gasteiger partial charge in [-0.1, -0.05) is 59.7 Å². The van der Waals surface area contributed by atoms with Crippen molar-refractivity contribution in [3.63, 3.8) is 0 Å². The van der Waals surface area contributed by atoms with Gasteiger partial charge in [-0.2, -0.15) is 10.2 Å². The van der Waals surface area contributed by atoms with E-state index in [-0.39, 0.29) is 0 Å². The van der Waals surface area contributed by atoms with Crippen molar-refractivity contribution in [2.24, 2.45) is 14.1 Å². The number of fused-ring (bicyclic) bond motifs is 5. The fourth-order valence-corrected chi connectivity index (χ4v) is 5.02. The highest BCUT2D eigenvalue weighted by Crippen LogP contribution is 2.43. The van der Waals surface area contributed by atoms with E-state index in [0.29, 0.717) is 0 Å². The Balaban J connectivity index is 1.93. The summed E-state index contributed by atoms with van der Waals surface area (Å²) < 4.78 is 3.75. The van der Waals surface area contributed by atoms with Crippen LogP contribution in [0.25, 0.3) is 55.4 Å². The van der Waals surface area contributed by atoms with E-state index < -0.39 is 0 Å². The summed E-state index contributed by atoms with van der Waals surface area (Å²) in [6, 6.07) is 17.1. The van der Waals surface area contributed by atoms with Gasteiger partial charge in [0.1, 0.15) is 0 Å². The summed E-state index contributed by atoms with van der Waals surface area (Å²) >= 11 is 0. The Bertz CT molecular complexity index is 1600. The molecule has 6 rings (SSSR count). The summed E-state index contributed by atoms with van der Waals surface area (Å²) in [7, 11) is 3.92. The Hall–Kier alpha value is -4.06. The predicted molar refractivity (Wildman–Crippen MR) is 138 cm³/mol. The van der Waals surface area contributed by atoms with E-state index in [1.807, 2.05) is 37.3 Å². The number of rotatable bonds is 2. The van der Waals surface area contributed by atoms with Gasteiger partial charge >= 0.3 is 0 Å². The third-order valence-corrected chi connectivity index (χ3v) is 6.69. The molecule has 0 spiro atoms. The molecule has 0 N–H and O–H groups in total. The van der Waals surface area contributed by atoms with Crippen molar-refractivity contribution in [2.45, 2.75) is 27.7 Å². The number of aromatic nitrogens is 6. The first-order valence-corrected chi connectivity index (χ1v) is 11.5. The van der Waals surface area contributed by atoms with Gasteiger partial charge < -0.3 is 0 Å². The third kappa shape index (κ3) is 2.88. The molecule has 0 saturated heterocycles. The van der Waals surface area contributed by atoms with Gasteiger partial charge in [0, 0.05) is 36.0 Å². The van der Waals surface area contributed by atoms with Gasteiger partial charge in [0.25, 0.3) is 0 Å². The Morgan fingerprint density at radius 2 is 0.853 bits per heavy atom. The van der Waals surface area contributed by atoms with Crippen LogP contribution in [-0.4, -0.2) is 29.5 Å². The molecule has 0 radical (unpaired) electrons. The quantitative estimate of drug-likeness (QED) is 0.329. The lowest BCUT2D eigenvalue weighted by Crippen LogP contribution is -1.99. The highest BCUT2D eigenvalue weighted by atomic mass is 15.3. The summed E-state index contributed by atoms with van der Waals surface area (Å²) in [5, 5.41) is 13.8. The van der Waals surface area contributed by atoms with E-state index in [4.69, 9.17) is 20.2 Å². The summed E-state index contributed by atoms with van der Waals surface area (Å²) in [6.07, 6.45) is 0. The Morgan fingerprint density at radius 1 is 0.500 bits per heavy atom. The molecule has 2 aromatic carbocycles. The van der Waals surface area contributed by atoms with Crippen molar-refractivity contribution >= 4 is 32.8 Å². The molecule has 0 aliphatic carbocycles. The van der Waals surface area contributed by atoms with Crippen molar-refractivity contribution in [2.75, 3.05) is 0 Å². The molecule has 0 atom stereocenters. The maximum atomic E-state index is 5.21. The van der Waals surface area contributed by atoms with Crippen LogP contribution in [-0.2, 0) is 14.1 Å². The first-order valence-electron chi connectivity index (χ1n) is 11.5. The van der Waals surface area contributed by atoms with Crippen LogP contribution in [0.2, 0.25) is 0 Å². The van der Waals surface area contributed by atoms with E-state index in [9.17, 15) is 0 Å². The second-order valence-electron chi connectivity index (χ2n) is 9.22. The molecule has 0 amide bonds. The molecular weight excluding hydrogens is 420 g/mol. The van der Waals surface area contributed by atoms with Crippen LogP contribution < -0.4 is 0 Å². The molecule has 6 heteroatoms. The molecule has 34 heavy (non-hydrogen) atoms. The van der Waals surface area contributed by atoms with Gasteiger partial charge in [-0.3, -0.25) is 9.36 Å². The van der Waals surface area contributed by atoms with E-state index in [2.05, 4.69) is 62.4 Å². The molecule has 168 valence electrons. The van der Waals surface area contributed by atoms with Crippen LogP contribution in [0, 0.1) is 27.7 Å². The summed E-state index contributed by atoms with van der Waals surface area (Å²) in [6.45, 7) is 8.31. The number of pyridine rings is 2. The van der Waals surface area contributed by atoms with Crippen molar-refractivity contribution < 1.29 is 0 Å². The van der Waals surface area contributed by atoms with Crippen LogP contribution in [0.1, 0.15) is 22.5 Å². The molecule has 0 fully saturated rings. The summed E-state index contributed by atoms with van der Waals surface area (Å²) in [4.78, 5) is 10.4. The topological polar surface area (TPSA) is 61.4 Å². The summed E-state index contributed by atoms with van der Waals surface area (Å²) in [5.41, 5.74) is 10.1. The Kier molecular flexibility index (Phi) is 4.36. The van der Waals surface area contributed by atoms with Crippen molar-refractivity contribution in [1.82, 2.24) is 29.5 Å². The fourth-order valence-electron chi connectivity index (χ4n) is 5.02. The second-order valence-corrected chi connectivity index (χ2v) is 9.22. The van der Waals surface area contributed by atoms with Crippen LogP contribution in [0.15, 0.2) is 48.5 Å². The molecule has 4 heterocycles. The minimum absolute atomic E-state index is 0.858. The third-order valence-electron chi connectivity index (χ3n) is 6.69. The fraction of sp³-hybridized carbons (Fsp3) is 0.214. The highest BCUT2D eigenvalue weighted by molar-refractivity contribution is 6.24. The maximum absolute atomic E-state index is 5.21. The minimum Gasteiger partial charge on any atom is -0.250 e. The van der Waals surface area contributed by atoms with Crippen molar-refractivity contribution in [3.05, 3.63) is 71.0 Å². The van der Waals surface area contributed by atoms with E-state index in [1.54, 1.807) is 0 Å². The van der Waals surface area contributed by atoms with Gasteiger partial charge in [0.05, 0.1) is 33.5 Å². The van der Waals surface area contributed by atoms with E-state index >= 15 is 0 Å². The molecule has 0 aliphatic rings. The van der Waals surface area contributed by atoms with Crippen molar-refractivity contribution in [1.29, 1.82) is 0 Å². The number of nitrogens with zero attached hydrogens (tertiary/aromatic N) is 6. The Morgan fingerprint density at radius 3 is 1.21 bits per heavy atom. The zero-order valence-corrected chi connectivity index (χ0v) is 20.3. The largest absolute Gasteiger partial charge is 0.250 e. The average Bonchev–Trinajstić information content (AvgIpc) is 3.27. The average molecular weight is 447 g/mol. The lowest BCUT2D eigenvalue weighted by Gasteiger charge is -2.14. The minimum atomic E-state index is 0.858. The zero-order chi connectivity index (χ0) is 23.7. The summed E-state index contributed by atoms with van der Waals surface area (Å²) in [5.74, 6) is 0. The highest BCUT2D eigenvalue weighted by Gasteiger charge is 2.24. The molecule has 0 bridgehead atoms. The van der Waals surface area contributed by atoms with E-state index in [1.165, 1.54) is 11.1 Å². The first kappa shape index (κ1) is 20.5. The molecule has 6 nitrogen and oxygen atoms in total. The SMILES string of the molecule is Cc1ccc(-c2nc3c(c(C)nn3C)c3c(-c4ccc(C)cc4)nc4c(c(C)nn4C)c23)cc1. The van der Waals surface area contributed by atoms with Gasteiger partial charge in [0.2, 0.25) is 0 Å². The second kappa shape index (κ2) is 7.22. The molecular formula is C28H26N6. The molecule has 0 aliphatic heterocycles. The van der Waals surface area contributed by atoms with Gasteiger partial charge in [0.15, 0.2) is 11.3 Å². The molecule has 0 unspecified atom stereocenters.